The summed E-state index contributed by atoms with van der Waals surface area (Å²) in [7, 11) is 0. The molecule has 6 heteroatoms. The van der Waals surface area contributed by atoms with Crippen LogP contribution in [0.2, 0.25) is 5.02 Å². The maximum atomic E-state index is 12.9. The molecule has 5 rings (SSSR count). The molecule has 0 spiro atoms. The Morgan fingerprint density at radius 3 is 2.44 bits per heavy atom. The predicted molar refractivity (Wildman–Crippen MR) is 148 cm³/mol. The Hall–Kier alpha value is -2.86. The first-order chi connectivity index (χ1) is 17.5. The Morgan fingerprint density at radius 1 is 1.06 bits per heavy atom. The third kappa shape index (κ3) is 5.44. The van der Waals surface area contributed by atoms with E-state index in [0.29, 0.717) is 11.7 Å². The van der Waals surface area contributed by atoms with Crippen LogP contribution in [-0.2, 0) is 6.42 Å². The number of likely N-dealkylation sites (tertiary alicyclic amines) is 1. The summed E-state index contributed by atoms with van der Waals surface area (Å²) in [6.45, 7) is 6.29. The zero-order valence-electron chi connectivity index (χ0n) is 20.7. The number of thiophene rings is 1. The lowest BCUT2D eigenvalue weighted by atomic mass is 9.87. The standard InChI is InChI=1S/C30H31ClN2O2S/c1-20-21(2)36-30(32-29(34)26-9-6-18-35-26)27(20)28(24-10-12-25(31)13-11-24)33-16-14-23(15-17-33)19-22-7-4-3-5-8-22/h3-13,18,23,28H,14-17,19H2,1-2H3,(H,32,34)/t28-/m1/s1. The number of benzene rings is 2. The van der Waals surface area contributed by atoms with Gasteiger partial charge in [0.05, 0.1) is 12.3 Å². The first kappa shape index (κ1) is 24.8. The second-order valence-corrected chi connectivity index (χ2v) is 11.2. The Bertz CT molecular complexity index is 1290. The molecule has 0 unspecified atom stereocenters. The van der Waals surface area contributed by atoms with Crippen molar-refractivity contribution in [1.82, 2.24) is 4.90 Å². The fourth-order valence-electron chi connectivity index (χ4n) is 5.21. The van der Waals surface area contributed by atoms with Crippen LogP contribution in [0.1, 0.15) is 56.6 Å². The number of carbonyl (C=O) groups excluding carboxylic acids is 1. The van der Waals surface area contributed by atoms with Crippen LogP contribution in [0.15, 0.2) is 77.4 Å². The molecule has 0 bridgehead atoms. The van der Waals surface area contributed by atoms with Crippen LogP contribution in [-0.4, -0.2) is 23.9 Å². The Labute approximate surface area is 221 Å². The average molecular weight is 519 g/mol. The largest absolute Gasteiger partial charge is 0.459 e. The van der Waals surface area contributed by atoms with Crippen molar-refractivity contribution in [3.05, 3.63) is 111 Å². The summed E-state index contributed by atoms with van der Waals surface area (Å²) in [6.07, 6.45) is 4.95. The SMILES string of the molecule is Cc1sc(NC(=O)c2ccco2)c([C@@H](c2ccc(Cl)cc2)N2CCC(Cc3ccccc3)CC2)c1C. The molecular formula is C30H31ClN2O2S. The third-order valence-corrected chi connectivity index (χ3v) is 8.64. The van der Waals surface area contributed by atoms with Crippen LogP contribution in [0, 0.1) is 19.8 Å². The van der Waals surface area contributed by atoms with Gasteiger partial charge in [-0.05, 0) is 93.1 Å². The maximum absolute atomic E-state index is 12.9. The Kier molecular flexibility index (Phi) is 7.61. The number of hydrogen-bond acceptors (Lipinski definition) is 4. The van der Waals surface area contributed by atoms with Gasteiger partial charge in [0, 0.05) is 15.5 Å². The van der Waals surface area contributed by atoms with Gasteiger partial charge in [-0.15, -0.1) is 11.3 Å². The molecule has 0 aliphatic carbocycles. The van der Waals surface area contributed by atoms with Gasteiger partial charge in [0.15, 0.2) is 5.76 Å². The summed E-state index contributed by atoms with van der Waals surface area (Å²) in [6, 6.07) is 22.4. The Morgan fingerprint density at radius 2 is 1.78 bits per heavy atom. The van der Waals surface area contributed by atoms with Crippen LogP contribution in [0.3, 0.4) is 0 Å². The van der Waals surface area contributed by atoms with Crippen LogP contribution in [0.25, 0.3) is 0 Å². The van der Waals surface area contributed by atoms with Gasteiger partial charge in [0.1, 0.15) is 5.00 Å². The maximum Gasteiger partial charge on any atom is 0.291 e. The van der Waals surface area contributed by atoms with Crippen molar-refractivity contribution in [2.45, 2.75) is 39.2 Å². The lowest BCUT2D eigenvalue weighted by molar-refractivity contribution is 0.0996. The summed E-state index contributed by atoms with van der Waals surface area (Å²) < 4.78 is 5.35. The Balaban J connectivity index is 1.44. The molecule has 1 aliphatic rings. The summed E-state index contributed by atoms with van der Waals surface area (Å²) in [5.41, 5.74) is 5.00. The summed E-state index contributed by atoms with van der Waals surface area (Å²) in [4.78, 5) is 16.7. The second-order valence-electron chi connectivity index (χ2n) is 9.58. The number of nitrogens with one attached hydrogen (secondary N) is 1. The van der Waals surface area contributed by atoms with Crippen molar-refractivity contribution in [1.29, 1.82) is 0 Å². The number of nitrogens with zero attached hydrogens (tertiary/aromatic N) is 1. The van der Waals surface area contributed by atoms with E-state index in [1.165, 1.54) is 33.4 Å². The topological polar surface area (TPSA) is 45.5 Å². The zero-order chi connectivity index (χ0) is 25.1. The number of halogens is 1. The number of aryl methyl sites for hydroxylation is 1. The van der Waals surface area contributed by atoms with Crippen LogP contribution < -0.4 is 5.32 Å². The number of furan rings is 1. The van der Waals surface area contributed by atoms with Crippen molar-refractivity contribution in [2.75, 3.05) is 18.4 Å². The molecule has 0 radical (unpaired) electrons. The molecule has 36 heavy (non-hydrogen) atoms. The van der Waals surface area contributed by atoms with Gasteiger partial charge >= 0.3 is 0 Å². The number of anilines is 1. The molecule has 3 heterocycles. The number of piperidine rings is 1. The highest BCUT2D eigenvalue weighted by atomic mass is 35.5. The first-order valence-electron chi connectivity index (χ1n) is 12.5. The van der Waals surface area contributed by atoms with E-state index in [2.05, 4.69) is 66.5 Å². The molecule has 1 N–H and O–H groups in total. The van der Waals surface area contributed by atoms with E-state index in [4.69, 9.17) is 16.0 Å². The van der Waals surface area contributed by atoms with E-state index in [-0.39, 0.29) is 11.9 Å². The molecule has 1 amide bonds. The van der Waals surface area contributed by atoms with Gasteiger partial charge in [0.2, 0.25) is 0 Å². The number of amides is 1. The minimum atomic E-state index is -0.223. The molecule has 0 saturated carbocycles. The normalized spacial score (nSPS) is 15.6. The molecule has 4 nitrogen and oxygen atoms in total. The number of carbonyl (C=O) groups is 1. The van der Waals surface area contributed by atoms with E-state index in [0.717, 1.165) is 42.4 Å². The van der Waals surface area contributed by atoms with Crippen LogP contribution in [0.4, 0.5) is 5.00 Å². The van der Waals surface area contributed by atoms with E-state index in [9.17, 15) is 4.79 Å². The van der Waals surface area contributed by atoms with Crippen molar-refractivity contribution in [3.8, 4) is 0 Å². The van der Waals surface area contributed by atoms with Gasteiger partial charge < -0.3 is 9.73 Å². The minimum Gasteiger partial charge on any atom is -0.459 e. The molecule has 4 aromatic rings. The molecular weight excluding hydrogens is 488 g/mol. The molecule has 2 aromatic carbocycles. The van der Waals surface area contributed by atoms with Crippen molar-refractivity contribution in [3.63, 3.8) is 0 Å². The van der Waals surface area contributed by atoms with E-state index < -0.39 is 0 Å². The highest BCUT2D eigenvalue weighted by Gasteiger charge is 2.32. The van der Waals surface area contributed by atoms with Crippen LogP contribution in [0.5, 0.6) is 0 Å². The predicted octanol–water partition coefficient (Wildman–Crippen LogP) is 7.91. The third-order valence-electron chi connectivity index (χ3n) is 7.24. The van der Waals surface area contributed by atoms with E-state index >= 15 is 0 Å². The van der Waals surface area contributed by atoms with Crippen LogP contribution >= 0.6 is 22.9 Å². The second kappa shape index (κ2) is 11.0. The molecule has 1 saturated heterocycles. The number of hydrogen-bond donors (Lipinski definition) is 1. The highest BCUT2D eigenvalue weighted by molar-refractivity contribution is 7.16. The van der Waals surface area contributed by atoms with Gasteiger partial charge in [-0.25, -0.2) is 0 Å². The van der Waals surface area contributed by atoms with E-state index in [1.807, 2.05) is 12.1 Å². The van der Waals surface area contributed by atoms with Crippen molar-refractivity contribution < 1.29 is 9.21 Å². The van der Waals surface area contributed by atoms with Gasteiger partial charge in [-0.1, -0.05) is 54.1 Å². The zero-order valence-corrected chi connectivity index (χ0v) is 22.2. The lowest BCUT2D eigenvalue weighted by Gasteiger charge is -2.38. The van der Waals surface area contributed by atoms with Gasteiger partial charge in [-0.3, -0.25) is 9.69 Å². The quantitative estimate of drug-likeness (QED) is 0.270. The van der Waals surface area contributed by atoms with Gasteiger partial charge in [-0.2, -0.15) is 0 Å². The monoisotopic (exact) mass is 518 g/mol. The number of rotatable bonds is 7. The first-order valence-corrected chi connectivity index (χ1v) is 13.7. The molecule has 1 aliphatic heterocycles. The molecule has 1 atom stereocenters. The highest BCUT2D eigenvalue weighted by Crippen LogP contribution is 2.43. The van der Waals surface area contributed by atoms with Crippen molar-refractivity contribution >= 4 is 33.8 Å². The summed E-state index contributed by atoms with van der Waals surface area (Å²) in [5.74, 6) is 0.770. The average Bonchev–Trinajstić information content (AvgIpc) is 3.52. The fraction of sp³-hybridized carbons (Fsp3) is 0.300. The molecule has 2 aromatic heterocycles. The van der Waals surface area contributed by atoms with E-state index in [1.54, 1.807) is 23.5 Å². The minimum absolute atomic E-state index is 0.0387. The fourth-order valence-corrected chi connectivity index (χ4v) is 6.42. The molecule has 186 valence electrons. The summed E-state index contributed by atoms with van der Waals surface area (Å²) in [5, 5.41) is 4.76. The summed E-state index contributed by atoms with van der Waals surface area (Å²) >= 11 is 7.89. The van der Waals surface area contributed by atoms with Crippen molar-refractivity contribution in [2.24, 2.45) is 5.92 Å². The lowest BCUT2D eigenvalue weighted by Crippen LogP contribution is -2.38. The molecule has 1 fully saturated rings. The smallest absolute Gasteiger partial charge is 0.291 e. The van der Waals surface area contributed by atoms with Gasteiger partial charge in [0.25, 0.3) is 5.91 Å².